The average molecular weight is 447 g/mol. The Hall–Kier alpha value is -3.24. The first kappa shape index (κ1) is 22.4. The Morgan fingerprint density at radius 3 is 2.65 bits per heavy atom. The van der Waals surface area contributed by atoms with E-state index < -0.39 is 15.9 Å². The van der Waals surface area contributed by atoms with Crippen LogP contribution in [0.4, 0.5) is 10.2 Å². The molecule has 0 saturated heterocycles. The molecule has 3 aromatic rings. The van der Waals surface area contributed by atoms with Crippen molar-refractivity contribution < 1.29 is 22.3 Å². The van der Waals surface area contributed by atoms with Gasteiger partial charge >= 0.3 is 0 Å². The Bertz CT molecular complexity index is 1130. The van der Waals surface area contributed by atoms with Gasteiger partial charge in [-0.05, 0) is 42.8 Å². The van der Waals surface area contributed by atoms with E-state index >= 15 is 0 Å². The number of aromatic amines is 1. The van der Waals surface area contributed by atoms with Gasteiger partial charge < -0.3 is 10.1 Å². The Balaban J connectivity index is 1.52. The average Bonchev–Trinajstić information content (AvgIpc) is 3.21. The first-order chi connectivity index (χ1) is 14.9. The summed E-state index contributed by atoms with van der Waals surface area (Å²) in [5.74, 6) is -0.200. The molecule has 3 N–H and O–H groups in total. The van der Waals surface area contributed by atoms with Gasteiger partial charge in [0.2, 0.25) is 10.0 Å². The Morgan fingerprint density at radius 1 is 1.16 bits per heavy atom. The number of nitrogens with one attached hydrogen (secondary N) is 3. The molecule has 0 unspecified atom stereocenters. The van der Waals surface area contributed by atoms with Crippen LogP contribution < -0.4 is 14.8 Å². The standard InChI is InChI=1S/C21H23FN4O4S/c1-2-3-11-23-31(28,29)18-9-7-17(8-10-18)30-14-21(27)24-20-13-19(25-26-20)15-5-4-6-16(22)12-15/h4-10,12-13,23H,2-3,11,14H2,1H3,(H2,24,25,26,27). The van der Waals surface area contributed by atoms with Gasteiger partial charge in [-0.2, -0.15) is 5.10 Å². The summed E-state index contributed by atoms with van der Waals surface area (Å²) in [5, 5.41) is 9.29. The van der Waals surface area contributed by atoms with Crippen LogP contribution in [0, 0.1) is 5.82 Å². The third-order valence-corrected chi connectivity index (χ3v) is 5.78. The molecule has 1 heterocycles. The van der Waals surface area contributed by atoms with Gasteiger partial charge in [-0.25, -0.2) is 17.5 Å². The number of rotatable bonds is 10. The van der Waals surface area contributed by atoms with Gasteiger partial charge in [-0.15, -0.1) is 0 Å². The molecule has 0 saturated carbocycles. The number of unbranched alkanes of at least 4 members (excludes halogenated alkanes) is 1. The lowest BCUT2D eigenvalue weighted by molar-refractivity contribution is -0.118. The molecule has 10 heteroatoms. The third-order valence-electron chi connectivity index (χ3n) is 4.31. The summed E-state index contributed by atoms with van der Waals surface area (Å²) in [6.07, 6.45) is 1.65. The maximum absolute atomic E-state index is 13.3. The summed E-state index contributed by atoms with van der Waals surface area (Å²) in [4.78, 5) is 12.2. The van der Waals surface area contributed by atoms with Crippen LogP contribution in [0.2, 0.25) is 0 Å². The number of sulfonamides is 1. The SMILES string of the molecule is CCCCNS(=O)(=O)c1ccc(OCC(=O)Nc2cc(-c3cccc(F)c3)[nH]n2)cc1. The van der Waals surface area contributed by atoms with Crippen molar-refractivity contribution in [1.82, 2.24) is 14.9 Å². The summed E-state index contributed by atoms with van der Waals surface area (Å²) < 4.78 is 45.6. The molecular weight excluding hydrogens is 423 g/mol. The van der Waals surface area contributed by atoms with Crippen LogP contribution in [0.15, 0.2) is 59.5 Å². The molecule has 0 spiro atoms. The van der Waals surface area contributed by atoms with E-state index in [-0.39, 0.29) is 23.1 Å². The molecular formula is C21H23FN4O4S. The zero-order valence-corrected chi connectivity index (χ0v) is 17.7. The molecule has 3 rings (SSSR count). The van der Waals surface area contributed by atoms with Crippen LogP contribution in [0.1, 0.15) is 19.8 Å². The van der Waals surface area contributed by atoms with Gasteiger partial charge in [0.05, 0.1) is 10.6 Å². The van der Waals surface area contributed by atoms with Crippen molar-refractivity contribution in [2.24, 2.45) is 0 Å². The largest absolute Gasteiger partial charge is 0.484 e. The van der Waals surface area contributed by atoms with Crippen LogP contribution in [0.3, 0.4) is 0 Å². The molecule has 1 amide bonds. The quantitative estimate of drug-likeness (QED) is 0.414. The summed E-state index contributed by atoms with van der Waals surface area (Å²) in [7, 11) is -3.56. The molecule has 0 atom stereocenters. The van der Waals surface area contributed by atoms with Gasteiger partial charge in [0, 0.05) is 18.2 Å². The second-order valence-electron chi connectivity index (χ2n) is 6.74. The number of amides is 1. The number of ether oxygens (including phenoxy) is 1. The minimum absolute atomic E-state index is 0.127. The van der Waals surface area contributed by atoms with Crippen molar-refractivity contribution in [2.45, 2.75) is 24.7 Å². The number of carbonyl (C=O) groups excluding carboxylic acids is 1. The monoisotopic (exact) mass is 446 g/mol. The Morgan fingerprint density at radius 2 is 1.94 bits per heavy atom. The third kappa shape index (κ3) is 6.37. The summed E-state index contributed by atoms with van der Waals surface area (Å²) in [5.41, 5.74) is 1.16. The van der Waals surface area contributed by atoms with E-state index in [1.807, 2.05) is 6.92 Å². The van der Waals surface area contributed by atoms with Gasteiger partial charge in [-0.3, -0.25) is 9.89 Å². The van der Waals surface area contributed by atoms with Crippen LogP contribution in [-0.4, -0.2) is 37.7 Å². The number of aromatic nitrogens is 2. The van der Waals surface area contributed by atoms with E-state index in [0.717, 1.165) is 12.8 Å². The van der Waals surface area contributed by atoms with Crippen LogP contribution in [-0.2, 0) is 14.8 Å². The molecule has 0 bridgehead atoms. The molecule has 0 aliphatic rings. The lowest BCUT2D eigenvalue weighted by Gasteiger charge is -2.08. The van der Waals surface area contributed by atoms with E-state index in [1.54, 1.807) is 18.2 Å². The van der Waals surface area contributed by atoms with Crippen LogP contribution >= 0.6 is 0 Å². The zero-order valence-electron chi connectivity index (χ0n) is 16.9. The topological polar surface area (TPSA) is 113 Å². The number of halogens is 1. The Kier molecular flexibility index (Phi) is 7.37. The number of hydrogen-bond donors (Lipinski definition) is 3. The van der Waals surface area contributed by atoms with E-state index in [0.29, 0.717) is 23.6 Å². The molecule has 0 fully saturated rings. The summed E-state index contributed by atoms with van der Waals surface area (Å²) in [6, 6.07) is 13.4. The molecule has 8 nitrogen and oxygen atoms in total. The molecule has 164 valence electrons. The Labute approximate surface area is 179 Å². The summed E-state index contributed by atoms with van der Waals surface area (Å²) in [6.45, 7) is 2.07. The fourth-order valence-electron chi connectivity index (χ4n) is 2.70. The van der Waals surface area contributed by atoms with Crippen molar-refractivity contribution in [3.63, 3.8) is 0 Å². The molecule has 0 radical (unpaired) electrons. The van der Waals surface area contributed by atoms with Crippen LogP contribution in [0.25, 0.3) is 11.3 Å². The summed E-state index contributed by atoms with van der Waals surface area (Å²) >= 11 is 0. The van der Waals surface area contributed by atoms with Gasteiger partial charge in [-0.1, -0.05) is 25.5 Å². The maximum atomic E-state index is 13.3. The molecule has 1 aromatic heterocycles. The van der Waals surface area contributed by atoms with Crippen molar-refractivity contribution in [2.75, 3.05) is 18.5 Å². The molecule has 2 aromatic carbocycles. The highest BCUT2D eigenvalue weighted by atomic mass is 32.2. The predicted molar refractivity (Wildman–Crippen MR) is 115 cm³/mol. The first-order valence-electron chi connectivity index (χ1n) is 9.71. The molecule has 0 aliphatic carbocycles. The van der Waals surface area contributed by atoms with Crippen molar-refractivity contribution in [3.8, 4) is 17.0 Å². The second-order valence-corrected chi connectivity index (χ2v) is 8.50. The van der Waals surface area contributed by atoms with Gasteiger partial charge in [0.15, 0.2) is 12.4 Å². The lowest BCUT2D eigenvalue weighted by atomic mass is 10.1. The lowest BCUT2D eigenvalue weighted by Crippen LogP contribution is -2.24. The van der Waals surface area contributed by atoms with E-state index in [1.165, 1.54) is 36.4 Å². The number of H-pyrrole nitrogens is 1. The van der Waals surface area contributed by atoms with E-state index in [2.05, 4.69) is 20.2 Å². The second kappa shape index (κ2) is 10.2. The van der Waals surface area contributed by atoms with E-state index in [4.69, 9.17) is 4.74 Å². The fraction of sp³-hybridized carbons (Fsp3) is 0.238. The highest BCUT2D eigenvalue weighted by Gasteiger charge is 2.13. The predicted octanol–water partition coefficient (Wildman–Crippen LogP) is 3.31. The van der Waals surface area contributed by atoms with E-state index in [9.17, 15) is 17.6 Å². The maximum Gasteiger partial charge on any atom is 0.263 e. The molecule has 0 aliphatic heterocycles. The first-order valence-corrected chi connectivity index (χ1v) is 11.2. The fourth-order valence-corrected chi connectivity index (χ4v) is 3.77. The molecule has 31 heavy (non-hydrogen) atoms. The highest BCUT2D eigenvalue weighted by molar-refractivity contribution is 7.89. The van der Waals surface area contributed by atoms with Gasteiger partial charge in [0.25, 0.3) is 5.91 Å². The van der Waals surface area contributed by atoms with Crippen molar-refractivity contribution in [1.29, 1.82) is 0 Å². The number of anilines is 1. The van der Waals surface area contributed by atoms with Crippen LogP contribution in [0.5, 0.6) is 5.75 Å². The van der Waals surface area contributed by atoms with Crippen molar-refractivity contribution in [3.05, 3.63) is 60.4 Å². The number of carbonyl (C=O) groups is 1. The number of hydrogen-bond acceptors (Lipinski definition) is 5. The number of nitrogens with zero attached hydrogens (tertiary/aromatic N) is 1. The van der Waals surface area contributed by atoms with Gasteiger partial charge in [0.1, 0.15) is 11.6 Å². The smallest absolute Gasteiger partial charge is 0.263 e. The number of benzene rings is 2. The van der Waals surface area contributed by atoms with Crippen molar-refractivity contribution >= 4 is 21.7 Å². The zero-order chi connectivity index (χ0) is 22.3. The highest BCUT2D eigenvalue weighted by Crippen LogP contribution is 2.20. The normalized spacial score (nSPS) is 11.3. The minimum atomic E-state index is -3.56. The minimum Gasteiger partial charge on any atom is -0.484 e.